The van der Waals surface area contributed by atoms with Crippen LogP contribution in [0.15, 0.2) is 48.5 Å². The summed E-state index contributed by atoms with van der Waals surface area (Å²) < 4.78 is 0. The van der Waals surface area contributed by atoms with E-state index in [1.165, 1.54) is 0 Å². The molecule has 0 amide bonds. The number of hydrogen-bond acceptors (Lipinski definition) is 3. The van der Waals surface area contributed by atoms with Crippen LogP contribution in [0.1, 0.15) is 29.2 Å². The van der Waals surface area contributed by atoms with Crippen molar-refractivity contribution < 1.29 is 10.2 Å². The smallest absolute Gasteiger partial charge is 0.119 e. The summed E-state index contributed by atoms with van der Waals surface area (Å²) in [6, 6.07) is 15.4. The number of benzene rings is 2. The van der Waals surface area contributed by atoms with Crippen molar-refractivity contribution in [1.82, 2.24) is 4.90 Å². The Balaban J connectivity index is 2.23. The highest BCUT2D eigenvalue weighted by atomic mass is 16.3. The molecule has 0 bridgehead atoms. The van der Waals surface area contributed by atoms with Crippen LogP contribution in [-0.4, -0.2) is 35.8 Å². The van der Waals surface area contributed by atoms with E-state index in [0.717, 1.165) is 23.2 Å². The van der Waals surface area contributed by atoms with Crippen molar-refractivity contribution in [3.8, 4) is 5.75 Å². The number of nitrogens with zero attached hydrogens (tertiary/aromatic N) is 1. The number of aromatic hydroxyl groups is 1. The van der Waals surface area contributed by atoms with Crippen LogP contribution in [0.2, 0.25) is 0 Å². The molecule has 3 heteroatoms. The molecule has 0 aliphatic rings. The van der Waals surface area contributed by atoms with Crippen molar-refractivity contribution >= 4 is 0 Å². The predicted molar refractivity (Wildman–Crippen MR) is 85.5 cm³/mol. The van der Waals surface area contributed by atoms with Gasteiger partial charge in [-0.2, -0.15) is 0 Å². The second-order valence-corrected chi connectivity index (χ2v) is 5.62. The normalized spacial score (nSPS) is 12.6. The fourth-order valence-electron chi connectivity index (χ4n) is 2.43. The minimum atomic E-state index is -0.557. The Hall–Kier alpha value is -1.84. The molecule has 1 unspecified atom stereocenters. The van der Waals surface area contributed by atoms with Crippen molar-refractivity contribution in [2.45, 2.75) is 18.9 Å². The van der Waals surface area contributed by atoms with Gasteiger partial charge in [-0.25, -0.2) is 0 Å². The third-order valence-electron chi connectivity index (χ3n) is 3.62. The second-order valence-electron chi connectivity index (χ2n) is 5.62. The van der Waals surface area contributed by atoms with Gasteiger partial charge in [-0.05, 0) is 37.7 Å². The Labute approximate surface area is 126 Å². The third kappa shape index (κ3) is 4.31. The molecule has 0 aliphatic carbocycles. The van der Waals surface area contributed by atoms with Crippen LogP contribution in [0.4, 0.5) is 0 Å². The van der Waals surface area contributed by atoms with Crippen molar-refractivity contribution in [1.29, 1.82) is 0 Å². The van der Waals surface area contributed by atoms with Gasteiger partial charge >= 0.3 is 0 Å². The van der Waals surface area contributed by atoms with Crippen LogP contribution in [-0.2, 0) is 6.42 Å². The number of hydrogen-bond donors (Lipinski definition) is 2. The van der Waals surface area contributed by atoms with E-state index in [2.05, 4.69) is 0 Å². The average Bonchev–Trinajstić information content (AvgIpc) is 2.48. The van der Waals surface area contributed by atoms with E-state index in [-0.39, 0.29) is 5.75 Å². The van der Waals surface area contributed by atoms with Gasteiger partial charge in [-0.15, -0.1) is 0 Å². The van der Waals surface area contributed by atoms with Crippen molar-refractivity contribution in [3.05, 3.63) is 65.2 Å². The Morgan fingerprint density at radius 1 is 1.00 bits per heavy atom. The Morgan fingerprint density at radius 3 is 2.38 bits per heavy atom. The van der Waals surface area contributed by atoms with Crippen LogP contribution >= 0.6 is 0 Å². The Kier molecular flexibility index (Phi) is 5.37. The minimum absolute atomic E-state index is 0.250. The summed E-state index contributed by atoms with van der Waals surface area (Å²) in [5, 5.41) is 20.6. The molecular formula is C18H23NO2. The van der Waals surface area contributed by atoms with E-state index < -0.39 is 6.10 Å². The molecule has 0 saturated carbocycles. The maximum absolute atomic E-state index is 10.4. The number of rotatable bonds is 6. The van der Waals surface area contributed by atoms with Crippen LogP contribution < -0.4 is 0 Å². The molecule has 2 N–H and O–H groups in total. The monoisotopic (exact) mass is 285 g/mol. The van der Waals surface area contributed by atoms with Gasteiger partial charge in [0.05, 0.1) is 6.10 Å². The van der Waals surface area contributed by atoms with Gasteiger partial charge in [0.25, 0.3) is 0 Å². The molecule has 112 valence electrons. The molecule has 0 aromatic heterocycles. The van der Waals surface area contributed by atoms with Gasteiger partial charge in [0.1, 0.15) is 5.75 Å². The van der Waals surface area contributed by atoms with Gasteiger partial charge in [0, 0.05) is 18.5 Å². The summed E-state index contributed by atoms with van der Waals surface area (Å²) in [6.45, 7) is 0.807. The van der Waals surface area contributed by atoms with Crippen molar-refractivity contribution in [3.63, 3.8) is 0 Å². The molecule has 21 heavy (non-hydrogen) atoms. The van der Waals surface area contributed by atoms with Gasteiger partial charge in [-0.1, -0.05) is 42.5 Å². The molecule has 0 radical (unpaired) electrons. The van der Waals surface area contributed by atoms with Crippen molar-refractivity contribution in [2.75, 3.05) is 20.6 Å². The second kappa shape index (κ2) is 7.25. The van der Waals surface area contributed by atoms with Gasteiger partial charge in [0.15, 0.2) is 0 Å². The van der Waals surface area contributed by atoms with E-state index in [1.807, 2.05) is 55.4 Å². The summed E-state index contributed by atoms with van der Waals surface area (Å²) in [7, 11) is 3.97. The highest BCUT2D eigenvalue weighted by molar-refractivity contribution is 5.43. The van der Waals surface area contributed by atoms with Crippen LogP contribution in [0.5, 0.6) is 5.75 Å². The quantitative estimate of drug-likeness (QED) is 0.857. The highest BCUT2D eigenvalue weighted by Gasteiger charge is 2.15. The standard InChI is InChI=1S/C18H23NO2/c1-19(2)12-11-18(21)15-9-6-10-17(20)16(15)13-14-7-4-3-5-8-14/h3-10,18,20-21H,11-13H2,1-2H3. The fourth-order valence-corrected chi connectivity index (χ4v) is 2.43. The highest BCUT2D eigenvalue weighted by Crippen LogP contribution is 2.30. The first-order valence-electron chi connectivity index (χ1n) is 7.25. The number of phenolic OH excluding ortho intramolecular Hbond substituents is 1. The number of aliphatic hydroxyl groups is 1. The zero-order valence-corrected chi connectivity index (χ0v) is 12.7. The largest absolute Gasteiger partial charge is 0.508 e. The molecule has 0 fully saturated rings. The van der Waals surface area contributed by atoms with E-state index in [9.17, 15) is 10.2 Å². The summed E-state index contributed by atoms with van der Waals surface area (Å²) >= 11 is 0. The van der Waals surface area contributed by atoms with Gasteiger partial charge in [0.2, 0.25) is 0 Å². The van der Waals surface area contributed by atoms with E-state index in [1.54, 1.807) is 12.1 Å². The first kappa shape index (κ1) is 15.5. The molecule has 0 saturated heterocycles. The van der Waals surface area contributed by atoms with Gasteiger partial charge < -0.3 is 15.1 Å². The van der Waals surface area contributed by atoms with E-state index in [4.69, 9.17) is 0 Å². The number of phenols is 1. The lowest BCUT2D eigenvalue weighted by molar-refractivity contribution is 0.153. The van der Waals surface area contributed by atoms with Crippen LogP contribution in [0.3, 0.4) is 0 Å². The molecule has 1 atom stereocenters. The van der Waals surface area contributed by atoms with Crippen LogP contribution in [0.25, 0.3) is 0 Å². The van der Waals surface area contributed by atoms with E-state index in [0.29, 0.717) is 12.8 Å². The van der Waals surface area contributed by atoms with Crippen molar-refractivity contribution in [2.24, 2.45) is 0 Å². The number of aliphatic hydroxyl groups excluding tert-OH is 1. The first-order valence-corrected chi connectivity index (χ1v) is 7.25. The lowest BCUT2D eigenvalue weighted by atomic mass is 9.94. The molecule has 2 aromatic carbocycles. The van der Waals surface area contributed by atoms with E-state index >= 15 is 0 Å². The molecule has 0 heterocycles. The lowest BCUT2D eigenvalue weighted by Crippen LogP contribution is -2.16. The predicted octanol–water partition coefficient (Wildman–Crippen LogP) is 2.97. The summed E-state index contributed by atoms with van der Waals surface area (Å²) in [5.41, 5.74) is 2.76. The molecule has 0 aliphatic heterocycles. The molecular weight excluding hydrogens is 262 g/mol. The molecule has 3 nitrogen and oxygen atoms in total. The van der Waals surface area contributed by atoms with Crippen LogP contribution in [0, 0.1) is 0 Å². The molecule has 0 spiro atoms. The maximum Gasteiger partial charge on any atom is 0.119 e. The zero-order valence-electron chi connectivity index (χ0n) is 12.7. The lowest BCUT2D eigenvalue weighted by Gasteiger charge is -2.18. The minimum Gasteiger partial charge on any atom is -0.508 e. The summed E-state index contributed by atoms with van der Waals surface area (Å²) in [4.78, 5) is 2.04. The average molecular weight is 285 g/mol. The maximum atomic E-state index is 10.4. The Morgan fingerprint density at radius 2 is 1.71 bits per heavy atom. The Bertz CT molecular complexity index is 567. The summed E-state index contributed by atoms with van der Waals surface area (Å²) in [5.74, 6) is 0.250. The fraction of sp³-hybridized carbons (Fsp3) is 0.333. The SMILES string of the molecule is CN(C)CCC(O)c1cccc(O)c1Cc1ccccc1. The molecule has 2 rings (SSSR count). The summed E-state index contributed by atoms with van der Waals surface area (Å²) in [6.07, 6.45) is 0.721. The first-order chi connectivity index (χ1) is 10.1. The molecule has 2 aromatic rings. The zero-order chi connectivity index (χ0) is 15.2. The topological polar surface area (TPSA) is 43.7 Å². The third-order valence-corrected chi connectivity index (χ3v) is 3.62. The van der Waals surface area contributed by atoms with Gasteiger partial charge in [-0.3, -0.25) is 0 Å².